The Hall–Kier alpha value is -2.37. The van der Waals surface area contributed by atoms with Crippen LogP contribution in [0.2, 0.25) is 5.02 Å². The second kappa shape index (κ2) is 8.76. The summed E-state index contributed by atoms with van der Waals surface area (Å²) in [7, 11) is 0. The Balaban J connectivity index is 1.79. The largest absolute Gasteiger partial charge is 0.352 e. The van der Waals surface area contributed by atoms with E-state index < -0.39 is 0 Å². The molecule has 1 heterocycles. The zero-order chi connectivity index (χ0) is 20.3. The number of benzene rings is 2. The number of halogens is 1. The molecule has 28 heavy (non-hydrogen) atoms. The summed E-state index contributed by atoms with van der Waals surface area (Å²) in [5.41, 5.74) is 3.98. The third kappa shape index (κ3) is 4.91. The summed E-state index contributed by atoms with van der Waals surface area (Å²) in [6.07, 6.45) is -0.0118. The molecule has 3 rings (SSSR count). The van der Waals surface area contributed by atoms with Crippen molar-refractivity contribution in [1.29, 1.82) is 0 Å². The Morgan fingerprint density at radius 2 is 1.93 bits per heavy atom. The van der Waals surface area contributed by atoms with E-state index in [2.05, 4.69) is 16.0 Å². The topological polar surface area (TPSA) is 70.2 Å². The van der Waals surface area contributed by atoms with Gasteiger partial charge in [0, 0.05) is 35.5 Å². The van der Waals surface area contributed by atoms with E-state index in [4.69, 9.17) is 11.6 Å². The van der Waals surface area contributed by atoms with Gasteiger partial charge in [0.25, 0.3) is 0 Å². The second-order valence-electron chi connectivity index (χ2n) is 7.56. The summed E-state index contributed by atoms with van der Waals surface area (Å²) >= 11 is 6.43. The molecule has 0 radical (unpaired) electrons. The van der Waals surface area contributed by atoms with Gasteiger partial charge in [-0.3, -0.25) is 14.9 Å². The van der Waals surface area contributed by atoms with Crippen molar-refractivity contribution in [1.82, 2.24) is 16.0 Å². The first kappa shape index (κ1) is 20.4. The van der Waals surface area contributed by atoms with E-state index in [1.807, 2.05) is 57.2 Å². The lowest BCUT2D eigenvalue weighted by molar-refractivity contribution is -0.125. The number of carbonyl (C=O) groups is 2. The minimum Gasteiger partial charge on any atom is -0.352 e. The lowest BCUT2D eigenvalue weighted by Gasteiger charge is -2.33. The van der Waals surface area contributed by atoms with Crippen LogP contribution in [0, 0.1) is 12.8 Å². The molecule has 0 bridgehead atoms. The fourth-order valence-corrected chi connectivity index (χ4v) is 3.43. The van der Waals surface area contributed by atoms with E-state index in [9.17, 15) is 9.59 Å². The van der Waals surface area contributed by atoms with Gasteiger partial charge in [-0.1, -0.05) is 61.3 Å². The Labute approximate surface area is 170 Å². The molecule has 0 spiro atoms. The molecule has 5 nitrogen and oxygen atoms in total. The van der Waals surface area contributed by atoms with Gasteiger partial charge in [-0.25, -0.2) is 0 Å². The molecular weight excluding hydrogens is 374 g/mol. The highest BCUT2D eigenvalue weighted by Crippen LogP contribution is 2.30. The SMILES string of the molecule is Cc1ccc(C2CC(=O)NC(c3cc(CNC(=O)C(C)C)ccc3Cl)N2)cc1. The number of carbonyl (C=O) groups excluding carboxylic acids is 2. The van der Waals surface area contributed by atoms with E-state index in [0.717, 1.165) is 16.7 Å². The molecule has 2 aromatic carbocycles. The van der Waals surface area contributed by atoms with Crippen molar-refractivity contribution in [2.24, 2.45) is 5.92 Å². The van der Waals surface area contributed by atoms with Crippen LogP contribution in [0.4, 0.5) is 0 Å². The third-order valence-corrected chi connectivity index (χ3v) is 5.25. The molecule has 0 aromatic heterocycles. The van der Waals surface area contributed by atoms with Crippen LogP contribution < -0.4 is 16.0 Å². The number of hydrogen-bond acceptors (Lipinski definition) is 3. The highest BCUT2D eigenvalue weighted by Gasteiger charge is 2.29. The van der Waals surface area contributed by atoms with Crippen LogP contribution in [0.1, 0.15) is 54.7 Å². The van der Waals surface area contributed by atoms with Crippen LogP contribution in [-0.4, -0.2) is 11.8 Å². The first-order valence-corrected chi connectivity index (χ1v) is 9.89. The standard InChI is InChI=1S/C22H26ClN3O2/c1-13(2)22(28)24-12-15-6-9-18(23)17(10-15)21-25-19(11-20(27)26-21)16-7-4-14(3)5-8-16/h4-10,13,19,21,25H,11-12H2,1-3H3,(H,24,28)(H,26,27). The third-order valence-electron chi connectivity index (χ3n) is 4.90. The predicted octanol–water partition coefficient (Wildman–Crippen LogP) is 3.77. The van der Waals surface area contributed by atoms with Crippen LogP contribution in [-0.2, 0) is 16.1 Å². The molecule has 2 aromatic rings. The average molecular weight is 400 g/mol. The molecule has 2 unspecified atom stereocenters. The molecule has 6 heteroatoms. The summed E-state index contributed by atoms with van der Waals surface area (Å²) in [5, 5.41) is 9.93. The zero-order valence-corrected chi connectivity index (χ0v) is 17.1. The molecule has 148 valence electrons. The number of nitrogens with one attached hydrogen (secondary N) is 3. The van der Waals surface area contributed by atoms with Crippen molar-refractivity contribution in [3.63, 3.8) is 0 Å². The quantitative estimate of drug-likeness (QED) is 0.716. The highest BCUT2D eigenvalue weighted by molar-refractivity contribution is 6.31. The normalized spacial score (nSPS) is 19.4. The number of rotatable bonds is 5. The fraction of sp³-hybridized carbons (Fsp3) is 0.364. The van der Waals surface area contributed by atoms with Crippen molar-refractivity contribution in [3.05, 3.63) is 69.7 Å². The van der Waals surface area contributed by atoms with Crippen molar-refractivity contribution in [3.8, 4) is 0 Å². The van der Waals surface area contributed by atoms with Gasteiger partial charge in [-0.15, -0.1) is 0 Å². The van der Waals surface area contributed by atoms with Crippen LogP contribution in [0.5, 0.6) is 0 Å². The molecule has 1 saturated heterocycles. The minimum absolute atomic E-state index is 0.0000271. The van der Waals surface area contributed by atoms with Gasteiger partial charge in [0.1, 0.15) is 6.17 Å². The molecule has 3 N–H and O–H groups in total. The van der Waals surface area contributed by atoms with Crippen LogP contribution in [0.15, 0.2) is 42.5 Å². The molecule has 1 fully saturated rings. The minimum atomic E-state index is -0.388. The molecule has 1 aliphatic rings. The summed E-state index contributed by atoms with van der Waals surface area (Å²) in [6, 6.07) is 13.7. The van der Waals surface area contributed by atoms with Crippen molar-refractivity contribution < 1.29 is 9.59 Å². The second-order valence-corrected chi connectivity index (χ2v) is 7.97. The van der Waals surface area contributed by atoms with Crippen molar-refractivity contribution in [2.75, 3.05) is 0 Å². The Bertz CT molecular complexity index is 865. The fourth-order valence-electron chi connectivity index (χ4n) is 3.21. The monoisotopic (exact) mass is 399 g/mol. The van der Waals surface area contributed by atoms with Gasteiger partial charge in [-0.2, -0.15) is 0 Å². The lowest BCUT2D eigenvalue weighted by Crippen LogP contribution is -2.46. The maximum atomic E-state index is 12.3. The van der Waals surface area contributed by atoms with E-state index in [1.54, 1.807) is 6.07 Å². The highest BCUT2D eigenvalue weighted by atomic mass is 35.5. The summed E-state index contributed by atoms with van der Waals surface area (Å²) in [5.74, 6) is -0.0923. The van der Waals surface area contributed by atoms with E-state index in [-0.39, 0.29) is 29.9 Å². The molecule has 2 amide bonds. The number of hydrogen-bond donors (Lipinski definition) is 3. The maximum Gasteiger partial charge on any atom is 0.223 e. The van der Waals surface area contributed by atoms with Gasteiger partial charge in [0.2, 0.25) is 11.8 Å². The molecule has 1 aliphatic heterocycles. The summed E-state index contributed by atoms with van der Waals surface area (Å²) < 4.78 is 0. The van der Waals surface area contributed by atoms with Crippen LogP contribution in [0.3, 0.4) is 0 Å². The Morgan fingerprint density at radius 3 is 2.61 bits per heavy atom. The summed E-state index contributed by atoms with van der Waals surface area (Å²) in [4.78, 5) is 24.2. The maximum absolute atomic E-state index is 12.3. The predicted molar refractivity (Wildman–Crippen MR) is 111 cm³/mol. The van der Waals surface area contributed by atoms with Gasteiger partial charge >= 0.3 is 0 Å². The van der Waals surface area contributed by atoms with Gasteiger partial charge in [0.05, 0.1) is 0 Å². The van der Waals surface area contributed by atoms with Crippen molar-refractivity contribution in [2.45, 2.75) is 45.9 Å². The zero-order valence-electron chi connectivity index (χ0n) is 16.4. The average Bonchev–Trinajstić information content (AvgIpc) is 2.67. The van der Waals surface area contributed by atoms with E-state index >= 15 is 0 Å². The van der Waals surface area contributed by atoms with E-state index in [0.29, 0.717) is 18.0 Å². The first-order valence-electron chi connectivity index (χ1n) is 9.51. The van der Waals surface area contributed by atoms with Gasteiger partial charge in [0.15, 0.2) is 0 Å². The molecule has 0 aliphatic carbocycles. The number of aryl methyl sites for hydroxylation is 1. The first-order chi connectivity index (χ1) is 13.3. The van der Waals surface area contributed by atoms with Gasteiger partial charge in [-0.05, 0) is 30.2 Å². The van der Waals surface area contributed by atoms with Gasteiger partial charge < -0.3 is 10.6 Å². The van der Waals surface area contributed by atoms with Crippen LogP contribution in [0.25, 0.3) is 0 Å². The molecular formula is C22H26ClN3O2. The van der Waals surface area contributed by atoms with Crippen molar-refractivity contribution >= 4 is 23.4 Å². The molecule has 0 saturated carbocycles. The Kier molecular flexibility index (Phi) is 6.37. The molecule has 2 atom stereocenters. The number of amides is 2. The van der Waals surface area contributed by atoms with E-state index in [1.165, 1.54) is 5.56 Å². The smallest absolute Gasteiger partial charge is 0.223 e. The Morgan fingerprint density at radius 1 is 1.21 bits per heavy atom. The summed E-state index contributed by atoms with van der Waals surface area (Å²) in [6.45, 7) is 6.17. The van der Waals surface area contributed by atoms with Crippen LogP contribution >= 0.6 is 11.6 Å². The lowest BCUT2D eigenvalue weighted by atomic mass is 9.97.